The Morgan fingerprint density at radius 1 is 1.12 bits per heavy atom. The number of carbonyl (C=O) groups is 2. The van der Waals surface area contributed by atoms with E-state index in [1.54, 1.807) is 18.2 Å². The van der Waals surface area contributed by atoms with Crippen LogP contribution in [0.25, 0.3) is 0 Å². The summed E-state index contributed by atoms with van der Waals surface area (Å²) >= 11 is 0. The fourth-order valence-electron chi connectivity index (χ4n) is 3.68. The molecule has 1 aliphatic heterocycles. The van der Waals surface area contributed by atoms with E-state index >= 15 is 0 Å². The number of nitrogens with zero attached hydrogens (tertiary/aromatic N) is 2. The molecule has 1 saturated heterocycles. The first-order valence-electron chi connectivity index (χ1n) is 11.4. The first-order chi connectivity index (χ1) is 15.4. The van der Waals surface area contributed by atoms with Crippen molar-refractivity contribution in [3.05, 3.63) is 30.3 Å². The molecule has 0 aromatic heterocycles. The second-order valence-corrected chi connectivity index (χ2v) is 11.4. The summed E-state index contributed by atoms with van der Waals surface area (Å²) in [6.07, 6.45) is 0. The van der Waals surface area contributed by atoms with Crippen molar-refractivity contribution >= 4 is 21.8 Å². The van der Waals surface area contributed by atoms with E-state index in [9.17, 15) is 18.0 Å². The van der Waals surface area contributed by atoms with Gasteiger partial charge in [-0.25, -0.2) is 13.1 Å². The Hall–Kier alpha value is -2.01. The fourth-order valence-corrected chi connectivity index (χ4v) is 4.68. The van der Waals surface area contributed by atoms with Crippen LogP contribution in [0, 0.1) is 5.92 Å². The van der Waals surface area contributed by atoms with Gasteiger partial charge in [0.2, 0.25) is 21.8 Å². The highest BCUT2D eigenvalue weighted by Crippen LogP contribution is 2.15. The fraction of sp³-hybridized carbons (Fsp3) is 0.652. The van der Waals surface area contributed by atoms with Crippen LogP contribution in [0.2, 0.25) is 0 Å². The lowest BCUT2D eigenvalue weighted by Gasteiger charge is -2.37. The summed E-state index contributed by atoms with van der Waals surface area (Å²) in [6, 6.07) is 7.18. The van der Waals surface area contributed by atoms with Crippen molar-refractivity contribution in [2.24, 2.45) is 5.92 Å². The van der Waals surface area contributed by atoms with E-state index in [1.807, 2.05) is 34.6 Å². The number of hydrogen-bond acceptors (Lipinski definition) is 6. The number of amides is 2. The van der Waals surface area contributed by atoms with Gasteiger partial charge in [-0.1, -0.05) is 32.0 Å². The SMILES string of the molecule is CC(C)[C@H](C(=O)NC(C)(C)C)N(CCN1CCOCC1)C(=O)CNS(=O)(=O)c1ccccc1. The Morgan fingerprint density at radius 3 is 2.27 bits per heavy atom. The van der Waals surface area contributed by atoms with E-state index in [1.165, 1.54) is 17.0 Å². The average molecular weight is 483 g/mol. The molecule has 1 aliphatic rings. The monoisotopic (exact) mass is 482 g/mol. The highest BCUT2D eigenvalue weighted by Gasteiger charge is 2.34. The quantitative estimate of drug-likeness (QED) is 0.516. The molecule has 0 saturated carbocycles. The van der Waals surface area contributed by atoms with E-state index < -0.39 is 34.1 Å². The van der Waals surface area contributed by atoms with Crippen molar-refractivity contribution in [3.8, 4) is 0 Å². The van der Waals surface area contributed by atoms with E-state index in [-0.39, 0.29) is 16.7 Å². The van der Waals surface area contributed by atoms with Crippen molar-refractivity contribution < 1.29 is 22.7 Å². The minimum atomic E-state index is -3.84. The molecule has 1 aromatic carbocycles. The molecule has 2 rings (SSSR count). The van der Waals surface area contributed by atoms with Crippen LogP contribution in [0.3, 0.4) is 0 Å². The van der Waals surface area contributed by atoms with Crippen molar-refractivity contribution in [3.63, 3.8) is 0 Å². The third kappa shape index (κ3) is 8.69. The third-order valence-corrected chi connectivity index (χ3v) is 6.70. The van der Waals surface area contributed by atoms with E-state index in [0.717, 1.165) is 13.1 Å². The van der Waals surface area contributed by atoms with Crippen molar-refractivity contribution in [1.29, 1.82) is 0 Å². The van der Waals surface area contributed by atoms with Crippen LogP contribution >= 0.6 is 0 Å². The zero-order valence-electron chi connectivity index (χ0n) is 20.3. The summed E-state index contributed by atoms with van der Waals surface area (Å²) in [7, 11) is -3.84. The summed E-state index contributed by atoms with van der Waals surface area (Å²) in [5.74, 6) is -0.851. The Morgan fingerprint density at radius 2 is 1.73 bits per heavy atom. The molecule has 33 heavy (non-hydrogen) atoms. The number of benzene rings is 1. The maximum absolute atomic E-state index is 13.3. The molecule has 10 heteroatoms. The largest absolute Gasteiger partial charge is 0.379 e. The zero-order chi connectivity index (χ0) is 24.6. The van der Waals surface area contributed by atoms with Crippen LogP contribution in [-0.2, 0) is 24.3 Å². The van der Waals surface area contributed by atoms with Crippen molar-refractivity contribution in [1.82, 2.24) is 19.8 Å². The lowest BCUT2D eigenvalue weighted by Crippen LogP contribution is -2.58. The summed E-state index contributed by atoms with van der Waals surface area (Å²) in [4.78, 5) is 30.2. The average Bonchev–Trinajstić information content (AvgIpc) is 2.74. The van der Waals surface area contributed by atoms with Gasteiger partial charge in [-0.15, -0.1) is 0 Å². The van der Waals surface area contributed by atoms with Gasteiger partial charge in [0.1, 0.15) is 6.04 Å². The predicted molar refractivity (Wildman–Crippen MR) is 127 cm³/mol. The number of ether oxygens (including phenoxy) is 1. The number of nitrogens with one attached hydrogen (secondary N) is 2. The van der Waals surface area contributed by atoms with Crippen LogP contribution in [0.4, 0.5) is 0 Å². The zero-order valence-corrected chi connectivity index (χ0v) is 21.2. The van der Waals surface area contributed by atoms with Gasteiger partial charge in [0.25, 0.3) is 0 Å². The van der Waals surface area contributed by atoms with Gasteiger partial charge in [0, 0.05) is 31.7 Å². The molecule has 1 fully saturated rings. The molecule has 1 atom stereocenters. The summed E-state index contributed by atoms with van der Waals surface area (Å²) in [6.45, 7) is 12.7. The van der Waals surface area contributed by atoms with Crippen molar-refractivity contribution in [2.75, 3.05) is 45.9 Å². The first kappa shape index (κ1) is 27.2. The molecule has 0 spiro atoms. The predicted octanol–water partition coefficient (Wildman–Crippen LogP) is 1.07. The normalized spacial score (nSPS) is 16.4. The third-order valence-electron chi connectivity index (χ3n) is 5.28. The molecule has 2 N–H and O–H groups in total. The highest BCUT2D eigenvalue weighted by molar-refractivity contribution is 7.89. The molecule has 0 aliphatic carbocycles. The van der Waals surface area contributed by atoms with Gasteiger partial charge >= 0.3 is 0 Å². The number of morpholine rings is 1. The lowest BCUT2D eigenvalue weighted by atomic mass is 9.99. The molecule has 1 aromatic rings. The van der Waals surface area contributed by atoms with Crippen LogP contribution in [0.1, 0.15) is 34.6 Å². The standard InChI is InChI=1S/C23H38N4O5S/c1-18(2)21(22(29)25-23(3,4)5)27(12-11-26-13-15-32-16-14-26)20(28)17-24-33(30,31)19-9-7-6-8-10-19/h6-10,18,21,24H,11-17H2,1-5H3,(H,25,29)/t21-/m1/s1. The van der Waals surface area contributed by atoms with E-state index in [0.29, 0.717) is 26.3 Å². The number of carbonyl (C=O) groups excluding carboxylic acids is 2. The van der Waals surface area contributed by atoms with E-state index in [2.05, 4.69) is 14.9 Å². The molecular formula is C23H38N4O5S. The smallest absolute Gasteiger partial charge is 0.243 e. The highest BCUT2D eigenvalue weighted by atomic mass is 32.2. The van der Waals surface area contributed by atoms with Crippen LogP contribution in [0.5, 0.6) is 0 Å². The Bertz CT molecular complexity index is 878. The van der Waals surface area contributed by atoms with Crippen LogP contribution < -0.4 is 10.0 Å². The summed E-state index contributed by atoms with van der Waals surface area (Å²) in [5, 5.41) is 2.97. The molecular weight excluding hydrogens is 444 g/mol. The topological polar surface area (TPSA) is 108 Å². The van der Waals surface area contributed by atoms with Gasteiger partial charge in [0.05, 0.1) is 24.7 Å². The molecule has 0 unspecified atom stereocenters. The number of rotatable bonds is 10. The molecule has 2 amide bonds. The maximum Gasteiger partial charge on any atom is 0.243 e. The van der Waals surface area contributed by atoms with Gasteiger partial charge in [0.15, 0.2) is 0 Å². The molecule has 1 heterocycles. The number of hydrogen-bond donors (Lipinski definition) is 2. The molecule has 0 radical (unpaired) electrons. The Balaban J connectivity index is 2.19. The van der Waals surface area contributed by atoms with Gasteiger partial charge < -0.3 is 15.0 Å². The molecule has 186 valence electrons. The van der Waals surface area contributed by atoms with Crippen LogP contribution in [-0.4, -0.2) is 87.6 Å². The minimum absolute atomic E-state index is 0.0866. The van der Waals surface area contributed by atoms with Gasteiger partial charge in [-0.3, -0.25) is 14.5 Å². The van der Waals surface area contributed by atoms with Crippen LogP contribution in [0.15, 0.2) is 35.2 Å². The second kappa shape index (κ2) is 11.9. The van der Waals surface area contributed by atoms with Gasteiger partial charge in [-0.05, 0) is 38.8 Å². The van der Waals surface area contributed by atoms with Crippen molar-refractivity contribution in [2.45, 2.75) is 51.1 Å². The van der Waals surface area contributed by atoms with Gasteiger partial charge in [-0.2, -0.15) is 0 Å². The summed E-state index contributed by atoms with van der Waals surface area (Å²) in [5.41, 5.74) is -0.460. The molecule has 9 nitrogen and oxygen atoms in total. The Kier molecular flexibility index (Phi) is 9.84. The lowest BCUT2D eigenvalue weighted by molar-refractivity contribution is -0.142. The number of sulfonamides is 1. The maximum atomic E-state index is 13.3. The minimum Gasteiger partial charge on any atom is -0.379 e. The Labute approximate surface area is 197 Å². The second-order valence-electron chi connectivity index (χ2n) is 9.61. The first-order valence-corrected chi connectivity index (χ1v) is 12.9. The summed E-state index contributed by atoms with van der Waals surface area (Å²) < 4.78 is 33.0. The van der Waals surface area contributed by atoms with E-state index in [4.69, 9.17) is 4.74 Å². The molecule has 0 bridgehead atoms.